The fourth-order valence-electron chi connectivity index (χ4n) is 2.42. The molecular weight excluding hydrogens is 326 g/mol. The molecule has 2 amide bonds. The Morgan fingerprint density at radius 2 is 1.92 bits per heavy atom. The van der Waals surface area contributed by atoms with E-state index in [-0.39, 0.29) is 5.91 Å². The van der Waals surface area contributed by atoms with Gasteiger partial charge < -0.3 is 11.1 Å². The molecule has 0 fully saturated rings. The highest BCUT2D eigenvalue weighted by Gasteiger charge is 2.14. The molecule has 0 saturated carbocycles. The Morgan fingerprint density at radius 1 is 1.12 bits per heavy atom. The maximum Gasteiger partial charge on any atom is 0.257 e. The van der Waals surface area contributed by atoms with Crippen LogP contribution in [0, 0.1) is 6.92 Å². The van der Waals surface area contributed by atoms with Crippen molar-refractivity contribution >= 4 is 40.0 Å². The van der Waals surface area contributed by atoms with E-state index in [4.69, 9.17) is 17.3 Å². The Labute approximate surface area is 143 Å². The Morgan fingerprint density at radius 3 is 2.67 bits per heavy atom. The van der Waals surface area contributed by atoms with Crippen molar-refractivity contribution in [3.8, 4) is 0 Å². The van der Waals surface area contributed by atoms with Gasteiger partial charge in [0.25, 0.3) is 5.91 Å². The Bertz CT molecular complexity index is 970. The van der Waals surface area contributed by atoms with Crippen LogP contribution in [0.25, 0.3) is 10.9 Å². The van der Waals surface area contributed by atoms with Crippen LogP contribution in [0.3, 0.4) is 0 Å². The van der Waals surface area contributed by atoms with Gasteiger partial charge in [-0.15, -0.1) is 0 Å². The van der Waals surface area contributed by atoms with E-state index in [9.17, 15) is 9.59 Å². The second-order valence-corrected chi connectivity index (χ2v) is 5.81. The van der Waals surface area contributed by atoms with Crippen molar-refractivity contribution in [1.29, 1.82) is 0 Å². The number of anilines is 1. The van der Waals surface area contributed by atoms with E-state index in [1.165, 1.54) is 6.07 Å². The van der Waals surface area contributed by atoms with Crippen molar-refractivity contribution in [2.75, 3.05) is 5.32 Å². The van der Waals surface area contributed by atoms with Crippen LogP contribution in [0.2, 0.25) is 5.02 Å². The first kappa shape index (κ1) is 16.0. The number of nitrogens with two attached hydrogens (primary N) is 1. The third-order valence-corrected chi connectivity index (χ3v) is 3.76. The maximum atomic E-state index is 12.6. The number of aromatic nitrogens is 1. The Balaban J connectivity index is 2.01. The number of carbonyl (C=O) groups is 2. The lowest BCUT2D eigenvalue weighted by molar-refractivity contribution is 0.0996. The van der Waals surface area contributed by atoms with Gasteiger partial charge in [0.05, 0.1) is 11.1 Å². The minimum absolute atomic E-state index is 0.317. The summed E-state index contributed by atoms with van der Waals surface area (Å²) in [7, 11) is 0. The molecular formula is C18H14ClN3O2. The topological polar surface area (TPSA) is 85.1 Å². The van der Waals surface area contributed by atoms with Gasteiger partial charge in [-0.05, 0) is 43.3 Å². The molecule has 2 aromatic carbocycles. The highest BCUT2D eigenvalue weighted by Crippen LogP contribution is 2.24. The fourth-order valence-corrected chi connectivity index (χ4v) is 2.64. The summed E-state index contributed by atoms with van der Waals surface area (Å²) >= 11 is 6.11. The zero-order valence-corrected chi connectivity index (χ0v) is 13.6. The molecule has 3 N–H and O–H groups in total. The molecule has 3 rings (SSSR count). The van der Waals surface area contributed by atoms with Crippen molar-refractivity contribution in [3.63, 3.8) is 0 Å². The lowest BCUT2D eigenvalue weighted by Gasteiger charge is -2.09. The zero-order chi connectivity index (χ0) is 17.3. The van der Waals surface area contributed by atoms with E-state index in [0.717, 1.165) is 11.1 Å². The molecule has 0 aliphatic carbocycles. The second kappa shape index (κ2) is 6.29. The molecule has 0 unspecified atom stereocenters. The first-order valence-electron chi connectivity index (χ1n) is 7.22. The number of rotatable bonds is 3. The van der Waals surface area contributed by atoms with Gasteiger partial charge in [-0.2, -0.15) is 0 Å². The van der Waals surface area contributed by atoms with Crippen molar-refractivity contribution in [3.05, 3.63) is 70.4 Å². The smallest absolute Gasteiger partial charge is 0.257 e. The molecule has 5 nitrogen and oxygen atoms in total. The van der Waals surface area contributed by atoms with Gasteiger partial charge in [-0.1, -0.05) is 23.7 Å². The summed E-state index contributed by atoms with van der Waals surface area (Å²) in [4.78, 5) is 28.3. The number of fused-ring (bicyclic) bond motifs is 1. The minimum atomic E-state index is -0.559. The summed E-state index contributed by atoms with van der Waals surface area (Å²) in [6.07, 6.45) is 0. The van der Waals surface area contributed by atoms with Crippen LogP contribution < -0.4 is 11.1 Å². The molecule has 0 radical (unpaired) electrons. The largest absolute Gasteiger partial charge is 0.366 e. The Hall–Kier alpha value is -2.92. The molecule has 3 aromatic rings. The summed E-state index contributed by atoms with van der Waals surface area (Å²) in [5, 5.41) is 3.98. The van der Waals surface area contributed by atoms with Gasteiger partial charge in [0.1, 0.15) is 0 Å². The number of amides is 2. The van der Waals surface area contributed by atoms with E-state index >= 15 is 0 Å². The lowest BCUT2D eigenvalue weighted by Crippen LogP contribution is -2.15. The summed E-state index contributed by atoms with van der Waals surface area (Å²) in [5.41, 5.74) is 7.78. The summed E-state index contributed by atoms with van der Waals surface area (Å²) in [6.45, 7) is 1.85. The molecule has 120 valence electrons. The normalized spacial score (nSPS) is 10.6. The first-order valence-corrected chi connectivity index (χ1v) is 7.60. The van der Waals surface area contributed by atoms with Gasteiger partial charge in [0, 0.05) is 27.4 Å². The van der Waals surface area contributed by atoms with Crippen LogP contribution in [0.5, 0.6) is 0 Å². The molecule has 0 saturated heterocycles. The number of aryl methyl sites for hydroxylation is 1. The van der Waals surface area contributed by atoms with E-state index in [2.05, 4.69) is 10.3 Å². The standard InChI is InChI=1S/C18H14ClN3O2/c1-10-5-6-11-7-13(19)9-15(16(11)21-10)18(24)22-14-4-2-3-12(8-14)17(20)23/h2-9H,1H3,(H2,20,23)(H,22,24). The van der Waals surface area contributed by atoms with Crippen molar-refractivity contribution in [2.45, 2.75) is 6.92 Å². The van der Waals surface area contributed by atoms with Crippen molar-refractivity contribution in [2.24, 2.45) is 5.73 Å². The average Bonchev–Trinajstić information content (AvgIpc) is 2.54. The molecule has 0 atom stereocenters. The Kier molecular flexibility index (Phi) is 4.18. The summed E-state index contributed by atoms with van der Waals surface area (Å²) in [6, 6.07) is 13.5. The van der Waals surface area contributed by atoms with Gasteiger partial charge in [-0.25, -0.2) is 0 Å². The number of hydrogen-bond acceptors (Lipinski definition) is 3. The van der Waals surface area contributed by atoms with Crippen molar-refractivity contribution < 1.29 is 9.59 Å². The molecule has 1 aromatic heterocycles. The minimum Gasteiger partial charge on any atom is -0.366 e. The second-order valence-electron chi connectivity index (χ2n) is 5.38. The number of benzene rings is 2. The van der Waals surface area contributed by atoms with E-state index in [1.54, 1.807) is 30.3 Å². The SMILES string of the molecule is Cc1ccc2cc(Cl)cc(C(=O)Nc3cccc(C(N)=O)c3)c2n1. The van der Waals surface area contributed by atoms with Gasteiger partial charge in [-0.3, -0.25) is 14.6 Å². The molecule has 24 heavy (non-hydrogen) atoms. The quantitative estimate of drug-likeness (QED) is 0.765. The van der Waals surface area contributed by atoms with Crippen LogP contribution in [0.4, 0.5) is 5.69 Å². The number of hydrogen-bond donors (Lipinski definition) is 2. The summed E-state index contributed by atoms with van der Waals surface area (Å²) in [5.74, 6) is -0.918. The average molecular weight is 340 g/mol. The van der Waals surface area contributed by atoms with Crippen LogP contribution in [0.15, 0.2) is 48.5 Å². The third kappa shape index (κ3) is 3.21. The lowest BCUT2D eigenvalue weighted by atomic mass is 10.1. The predicted molar refractivity (Wildman–Crippen MR) is 94.4 cm³/mol. The first-order chi connectivity index (χ1) is 11.4. The number of nitrogens with zero attached hydrogens (tertiary/aromatic N) is 1. The summed E-state index contributed by atoms with van der Waals surface area (Å²) < 4.78 is 0. The van der Waals surface area contributed by atoms with E-state index < -0.39 is 5.91 Å². The van der Waals surface area contributed by atoms with Crippen LogP contribution in [-0.2, 0) is 0 Å². The highest BCUT2D eigenvalue weighted by atomic mass is 35.5. The van der Waals surface area contributed by atoms with Crippen LogP contribution in [0.1, 0.15) is 26.4 Å². The maximum absolute atomic E-state index is 12.6. The van der Waals surface area contributed by atoms with Gasteiger partial charge in [0.2, 0.25) is 5.91 Å². The van der Waals surface area contributed by atoms with Gasteiger partial charge >= 0.3 is 0 Å². The molecule has 6 heteroatoms. The number of pyridine rings is 1. The molecule has 0 aliphatic rings. The van der Waals surface area contributed by atoms with Gasteiger partial charge in [0.15, 0.2) is 0 Å². The van der Waals surface area contributed by atoms with E-state index in [0.29, 0.717) is 27.4 Å². The monoisotopic (exact) mass is 339 g/mol. The number of primary amides is 1. The highest BCUT2D eigenvalue weighted by molar-refractivity contribution is 6.32. The number of nitrogens with one attached hydrogen (secondary N) is 1. The zero-order valence-electron chi connectivity index (χ0n) is 12.8. The van der Waals surface area contributed by atoms with E-state index in [1.807, 2.05) is 19.1 Å². The van der Waals surface area contributed by atoms with Crippen LogP contribution in [-0.4, -0.2) is 16.8 Å². The molecule has 1 heterocycles. The predicted octanol–water partition coefficient (Wildman–Crippen LogP) is 3.55. The fraction of sp³-hybridized carbons (Fsp3) is 0.0556. The molecule has 0 aliphatic heterocycles. The number of halogens is 1. The number of carbonyl (C=O) groups excluding carboxylic acids is 2. The molecule has 0 bridgehead atoms. The third-order valence-electron chi connectivity index (χ3n) is 3.55. The molecule has 0 spiro atoms. The van der Waals surface area contributed by atoms with Crippen LogP contribution >= 0.6 is 11.6 Å². The van der Waals surface area contributed by atoms with Crippen molar-refractivity contribution in [1.82, 2.24) is 4.98 Å².